The molecular weight excluding hydrogens is 222 g/mol. The maximum atomic E-state index is 6.82. The Kier molecular flexibility index (Phi) is 4.18. The largest absolute Gasteiger partial charge is 0.384 e. The molecule has 18 heavy (non-hydrogen) atoms. The third-order valence-electron chi connectivity index (χ3n) is 5.33. The van der Waals surface area contributed by atoms with Crippen LogP contribution in [-0.2, 0) is 4.74 Å². The van der Waals surface area contributed by atoms with Gasteiger partial charge in [-0.3, -0.25) is 0 Å². The van der Waals surface area contributed by atoms with Crippen LogP contribution in [-0.4, -0.2) is 19.3 Å². The Hall–Kier alpha value is -0.340. The average molecular weight is 251 g/mol. The number of fused-ring (bicyclic) bond motifs is 1. The highest BCUT2D eigenvalue weighted by Gasteiger charge is 2.45. The molecule has 0 heterocycles. The van der Waals surface area contributed by atoms with Gasteiger partial charge in [0.05, 0.1) is 6.61 Å². The van der Waals surface area contributed by atoms with Gasteiger partial charge < -0.3 is 10.5 Å². The fourth-order valence-electron chi connectivity index (χ4n) is 3.94. The molecule has 0 bridgehead atoms. The van der Waals surface area contributed by atoms with Crippen LogP contribution in [0, 0.1) is 23.7 Å². The minimum absolute atomic E-state index is 0.123. The lowest BCUT2D eigenvalue weighted by molar-refractivity contribution is 0.0953. The molecule has 0 aliphatic heterocycles. The Morgan fingerprint density at radius 3 is 2.78 bits per heavy atom. The second-order valence-electron chi connectivity index (χ2n) is 6.70. The predicted octanol–water partition coefficient (Wildman–Crippen LogP) is 3.37. The fourth-order valence-corrected chi connectivity index (χ4v) is 3.94. The zero-order chi connectivity index (χ0) is 13.3. The first-order valence-electron chi connectivity index (χ1n) is 7.49. The Labute approximate surface area is 112 Å². The summed E-state index contributed by atoms with van der Waals surface area (Å²) in [4.78, 5) is 0. The van der Waals surface area contributed by atoms with Crippen molar-refractivity contribution in [2.75, 3.05) is 13.7 Å². The third-order valence-corrected chi connectivity index (χ3v) is 5.33. The summed E-state index contributed by atoms with van der Waals surface area (Å²) < 4.78 is 5.35. The van der Waals surface area contributed by atoms with Crippen LogP contribution in [0.4, 0.5) is 0 Å². The van der Waals surface area contributed by atoms with E-state index in [-0.39, 0.29) is 5.54 Å². The molecule has 0 aromatic rings. The molecule has 0 radical (unpaired) electrons. The van der Waals surface area contributed by atoms with E-state index in [4.69, 9.17) is 10.5 Å². The second kappa shape index (κ2) is 5.34. The van der Waals surface area contributed by atoms with E-state index >= 15 is 0 Å². The summed E-state index contributed by atoms with van der Waals surface area (Å²) >= 11 is 0. The van der Waals surface area contributed by atoms with Gasteiger partial charge in [-0.15, -0.1) is 0 Å². The molecule has 0 spiro atoms. The lowest BCUT2D eigenvalue weighted by Gasteiger charge is -2.49. The van der Waals surface area contributed by atoms with E-state index < -0.39 is 0 Å². The molecule has 0 aromatic heterocycles. The number of rotatable bonds is 3. The van der Waals surface area contributed by atoms with Crippen molar-refractivity contribution in [3.8, 4) is 0 Å². The van der Waals surface area contributed by atoms with Crippen molar-refractivity contribution >= 4 is 0 Å². The Balaban J connectivity index is 2.29. The first-order chi connectivity index (χ1) is 8.49. The van der Waals surface area contributed by atoms with E-state index in [2.05, 4.69) is 26.8 Å². The predicted molar refractivity (Wildman–Crippen MR) is 76.3 cm³/mol. The van der Waals surface area contributed by atoms with Gasteiger partial charge in [0.1, 0.15) is 0 Å². The fraction of sp³-hybridized carbons (Fsp3) is 0.875. The van der Waals surface area contributed by atoms with E-state index in [0.717, 1.165) is 24.9 Å². The van der Waals surface area contributed by atoms with Crippen LogP contribution < -0.4 is 5.73 Å². The number of ether oxygens (including phenoxy) is 1. The maximum absolute atomic E-state index is 6.82. The van der Waals surface area contributed by atoms with E-state index in [1.165, 1.54) is 19.3 Å². The zero-order valence-corrected chi connectivity index (χ0v) is 12.4. The van der Waals surface area contributed by atoms with Crippen molar-refractivity contribution in [2.24, 2.45) is 29.4 Å². The molecule has 5 atom stereocenters. The van der Waals surface area contributed by atoms with Crippen molar-refractivity contribution in [1.29, 1.82) is 0 Å². The standard InChI is InChI=1S/C16H29NO/c1-11-5-6-14-12(2)7-8-16(17,15(14)9-11)13(3)10-18-4/h9,11-14H,5-8,10,17H2,1-4H3/t11?,12-,13?,14+,16-/m1/s1. The quantitative estimate of drug-likeness (QED) is 0.781. The molecule has 2 aliphatic carbocycles. The summed E-state index contributed by atoms with van der Waals surface area (Å²) in [5.74, 6) is 2.63. The van der Waals surface area contributed by atoms with Gasteiger partial charge >= 0.3 is 0 Å². The summed E-state index contributed by atoms with van der Waals surface area (Å²) in [5, 5.41) is 0. The molecule has 2 nitrogen and oxygen atoms in total. The molecule has 1 fully saturated rings. The number of allylic oxidation sites excluding steroid dienone is 1. The highest BCUT2D eigenvalue weighted by atomic mass is 16.5. The summed E-state index contributed by atoms with van der Waals surface area (Å²) in [6.45, 7) is 7.74. The van der Waals surface area contributed by atoms with Crippen molar-refractivity contribution < 1.29 is 4.74 Å². The van der Waals surface area contributed by atoms with Crippen molar-refractivity contribution in [1.82, 2.24) is 0 Å². The smallest absolute Gasteiger partial charge is 0.0508 e. The molecule has 2 unspecified atom stereocenters. The Morgan fingerprint density at radius 1 is 1.39 bits per heavy atom. The summed E-state index contributed by atoms with van der Waals surface area (Å²) in [5.41, 5.74) is 8.24. The summed E-state index contributed by atoms with van der Waals surface area (Å²) in [6, 6.07) is 0. The van der Waals surface area contributed by atoms with E-state index in [9.17, 15) is 0 Å². The molecule has 2 N–H and O–H groups in total. The summed E-state index contributed by atoms with van der Waals surface area (Å²) in [6.07, 6.45) is 7.52. The molecule has 2 rings (SSSR count). The van der Waals surface area contributed by atoms with Gasteiger partial charge in [-0.05, 0) is 43.4 Å². The molecular formula is C16H29NO. The molecule has 104 valence electrons. The highest BCUT2D eigenvalue weighted by Crippen LogP contribution is 2.48. The van der Waals surface area contributed by atoms with Gasteiger partial charge in [0.25, 0.3) is 0 Å². The van der Waals surface area contributed by atoms with E-state index in [1.54, 1.807) is 12.7 Å². The molecule has 0 aromatic carbocycles. The first kappa shape index (κ1) is 14.1. The highest BCUT2D eigenvalue weighted by molar-refractivity contribution is 5.29. The zero-order valence-electron chi connectivity index (χ0n) is 12.4. The number of methoxy groups -OCH3 is 1. The SMILES string of the molecule is COCC(C)[C@]1(N)CC[C@@H](C)[C@@H]2CCC(C)C=C21. The molecule has 0 saturated heterocycles. The van der Waals surface area contributed by atoms with Gasteiger partial charge in [0.2, 0.25) is 0 Å². The average Bonchev–Trinajstić information content (AvgIpc) is 2.34. The van der Waals surface area contributed by atoms with Crippen molar-refractivity contribution in [3.63, 3.8) is 0 Å². The lowest BCUT2D eigenvalue weighted by Crippen LogP contribution is -2.55. The van der Waals surface area contributed by atoms with Crippen molar-refractivity contribution in [2.45, 2.75) is 52.0 Å². The Bertz CT molecular complexity index is 325. The molecule has 2 aliphatic rings. The molecule has 1 saturated carbocycles. The molecule has 0 amide bonds. The minimum Gasteiger partial charge on any atom is -0.384 e. The third kappa shape index (κ3) is 2.37. The van der Waals surface area contributed by atoms with Crippen LogP contribution >= 0.6 is 0 Å². The van der Waals surface area contributed by atoms with Gasteiger partial charge in [0.15, 0.2) is 0 Å². The van der Waals surface area contributed by atoms with Crippen LogP contribution in [0.15, 0.2) is 11.6 Å². The van der Waals surface area contributed by atoms with Gasteiger partial charge in [-0.1, -0.05) is 32.4 Å². The van der Waals surface area contributed by atoms with Crippen LogP contribution in [0.2, 0.25) is 0 Å². The minimum atomic E-state index is -0.123. The number of hydrogen-bond acceptors (Lipinski definition) is 2. The van der Waals surface area contributed by atoms with Crippen LogP contribution in [0.3, 0.4) is 0 Å². The van der Waals surface area contributed by atoms with Gasteiger partial charge in [0, 0.05) is 18.6 Å². The van der Waals surface area contributed by atoms with Crippen LogP contribution in [0.1, 0.15) is 46.5 Å². The van der Waals surface area contributed by atoms with E-state index in [1.807, 2.05) is 0 Å². The maximum Gasteiger partial charge on any atom is 0.0508 e. The monoisotopic (exact) mass is 251 g/mol. The number of hydrogen-bond donors (Lipinski definition) is 1. The Morgan fingerprint density at radius 2 is 2.11 bits per heavy atom. The molecule has 2 heteroatoms. The van der Waals surface area contributed by atoms with Gasteiger partial charge in [-0.25, -0.2) is 0 Å². The lowest BCUT2D eigenvalue weighted by atomic mass is 9.59. The van der Waals surface area contributed by atoms with Crippen LogP contribution in [0.5, 0.6) is 0 Å². The van der Waals surface area contributed by atoms with Crippen molar-refractivity contribution in [3.05, 3.63) is 11.6 Å². The topological polar surface area (TPSA) is 35.2 Å². The summed E-state index contributed by atoms with van der Waals surface area (Å²) in [7, 11) is 1.78. The van der Waals surface area contributed by atoms with Gasteiger partial charge in [-0.2, -0.15) is 0 Å². The van der Waals surface area contributed by atoms with E-state index in [0.29, 0.717) is 11.8 Å². The van der Waals surface area contributed by atoms with Crippen LogP contribution in [0.25, 0.3) is 0 Å². The second-order valence-corrected chi connectivity index (χ2v) is 6.70. The normalized spacial score (nSPS) is 42.1. The number of nitrogens with two attached hydrogens (primary N) is 1. The first-order valence-corrected chi connectivity index (χ1v) is 7.49.